The molecule has 1 unspecified atom stereocenters. The van der Waals surface area contributed by atoms with Gasteiger partial charge < -0.3 is 10.2 Å². The lowest BCUT2D eigenvalue weighted by Crippen LogP contribution is -2.49. The average Bonchev–Trinajstić information content (AvgIpc) is 3.04. The number of thioether (sulfide) groups is 1. The minimum Gasteiger partial charge on any atom is -0.340 e. The lowest BCUT2D eigenvalue weighted by molar-refractivity contribution is -0.127. The van der Waals surface area contributed by atoms with Crippen molar-refractivity contribution in [2.24, 2.45) is 0 Å². The monoisotopic (exact) mass is 305 g/mol. The molecule has 1 N–H and O–H groups in total. The maximum atomic E-state index is 12.3. The van der Waals surface area contributed by atoms with Crippen LogP contribution < -0.4 is 5.32 Å². The average molecular weight is 305 g/mol. The van der Waals surface area contributed by atoms with Gasteiger partial charge in [0, 0.05) is 50.2 Å². The largest absolute Gasteiger partial charge is 0.340 e. The second kappa shape index (κ2) is 7.29. The van der Waals surface area contributed by atoms with E-state index in [4.69, 9.17) is 0 Å². The summed E-state index contributed by atoms with van der Waals surface area (Å²) >= 11 is 1.64. The third kappa shape index (κ3) is 3.99. The first-order valence-electron chi connectivity index (χ1n) is 7.73. The quantitative estimate of drug-likeness (QED) is 0.850. The standard InChI is InChI=1S/C16H23N3OS/c20-16(13-21-15-4-2-1-3-5-15)19-9-6-14(12-19)18-10-7-17-8-11-18/h1-5,14,17H,6-13H2. The van der Waals surface area contributed by atoms with Gasteiger partial charge in [0.25, 0.3) is 0 Å². The first-order valence-corrected chi connectivity index (χ1v) is 8.72. The van der Waals surface area contributed by atoms with Crippen LogP contribution in [-0.4, -0.2) is 66.8 Å². The number of amides is 1. The van der Waals surface area contributed by atoms with Gasteiger partial charge in [-0.2, -0.15) is 0 Å². The number of carbonyl (C=O) groups excluding carboxylic acids is 1. The van der Waals surface area contributed by atoms with Gasteiger partial charge in [0.15, 0.2) is 0 Å². The van der Waals surface area contributed by atoms with Crippen LogP contribution in [0.5, 0.6) is 0 Å². The highest BCUT2D eigenvalue weighted by Gasteiger charge is 2.30. The molecular weight excluding hydrogens is 282 g/mol. The van der Waals surface area contributed by atoms with Crippen molar-refractivity contribution in [3.63, 3.8) is 0 Å². The lowest BCUT2D eigenvalue weighted by Gasteiger charge is -2.32. The Bertz CT molecular complexity index is 462. The third-order valence-electron chi connectivity index (χ3n) is 4.29. The van der Waals surface area contributed by atoms with E-state index in [1.807, 2.05) is 23.1 Å². The summed E-state index contributed by atoms with van der Waals surface area (Å²) in [5.41, 5.74) is 0. The Kier molecular flexibility index (Phi) is 5.17. The zero-order chi connectivity index (χ0) is 14.5. The molecule has 2 aliphatic heterocycles. The summed E-state index contributed by atoms with van der Waals surface area (Å²) < 4.78 is 0. The highest BCUT2D eigenvalue weighted by molar-refractivity contribution is 8.00. The SMILES string of the molecule is O=C(CSc1ccccc1)N1CCC(N2CCNCC2)C1. The molecule has 2 aliphatic rings. The van der Waals surface area contributed by atoms with Gasteiger partial charge in [-0.3, -0.25) is 9.69 Å². The molecule has 0 radical (unpaired) electrons. The van der Waals surface area contributed by atoms with Gasteiger partial charge in [-0.25, -0.2) is 0 Å². The summed E-state index contributed by atoms with van der Waals surface area (Å²) in [6.07, 6.45) is 1.13. The molecule has 2 fully saturated rings. The Hall–Kier alpha value is -1.04. The minimum absolute atomic E-state index is 0.279. The Morgan fingerprint density at radius 2 is 1.95 bits per heavy atom. The van der Waals surface area contributed by atoms with E-state index < -0.39 is 0 Å². The van der Waals surface area contributed by atoms with Crippen molar-refractivity contribution in [1.29, 1.82) is 0 Å². The molecule has 0 saturated carbocycles. The smallest absolute Gasteiger partial charge is 0.232 e. The molecule has 0 aliphatic carbocycles. The lowest BCUT2D eigenvalue weighted by atomic mass is 10.2. The van der Waals surface area contributed by atoms with E-state index in [1.54, 1.807) is 11.8 Å². The van der Waals surface area contributed by atoms with E-state index in [0.717, 1.165) is 45.7 Å². The van der Waals surface area contributed by atoms with Crippen molar-refractivity contribution < 1.29 is 4.79 Å². The topological polar surface area (TPSA) is 35.6 Å². The van der Waals surface area contributed by atoms with Crippen molar-refractivity contribution in [2.75, 3.05) is 45.0 Å². The molecule has 114 valence electrons. The number of nitrogens with zero attached hydrogens (tertiary/aromatic N) is 2. The Balaban J connectivity index is 1.45. The summed E-state index contributed by atoms with van der Waals surface area (Å²) in [7, 11) is 0. The molecule has 2 heterocycles. The van der Waals surface area contributed by atoms with E-state index in [-0.39, 0.29) is 5.91 Å². The van der Waals surface area contributed by atoms with Gasteiger partial charge in [-0.15, -0.1) is 11.8 Å². The Morgan fingerprint density at radius 1 is 1.19 bits per heavy atom. The molecular formula is C16H23N3OS. The Morgan fingerprint density at radius 3 is 2.71 bits per heavy atom. The number of carbonyl (C=O) groups is 1. The summed E-state index contributed by atoms with van der Waals surface area (Å²) in [5, 5.41) is 3.39. The van der Waals surface area contributed by atoms with Gasteiger partial charge in [-0.05, 0) is 18.6 Å². The molecule has 5 heteroatoms. The summed E-state index contributed by atoms with van der Waals surface area (Å²) in [5.74, 6) is 0.833. The molecule has 0 aromatic heterocycles. The van der Waals surface area contributed by atoms with Crippen LogP contribution in [0.1, 0.15) is 6.42 Å². The summed E-state index contributed by atoms with van der Waals surface area (Å²) in [6.45, 7) is 6.22. The molecule has 1 aromatic carbocycles. The summed E-state index contributed by atoms with van der Waals surface area (Å²) in [6, 6.07) is 10.7. The van der Waals surface area contributed by atoms with E-state index in [1.165, 1.54) is 4.90 Å². The Labute approximate surface area is 130 Å². The number of benzene rings is 1. The molecule has 1 aromatic rings. The first kappa shape index (κ1) is 14.9. The second-order valence-electron chi connectivity index (χ2n) is 5.67. The van der Waals surface area contributed by atoms with Crippen LogP contribution in [0.2, 0.25) is 0 Å². The molecule has 4 nitrogen and oxygen atoms in total. The number of hydrogen-bond donors (Lipinski definition) is 1. The maximum Gasteiger partial charge on any atom is 0.232 e. The zero-order valence-corrected chi connectivity index (χ0v) is 13.1. The van der Waals surface area contributed by atoms with Gasteiger partial charge in [0.05, 0.1) is 5.75 Å². The van der Waals surface area contributed by atoms with E-state index in [2.05, 4.69) is 22.3 Å². The minimum atomic E-state index is 0.279. The number of likely N-dealkylation sites (tertiary alicyclic amines) is 1. The molecule has 1 atom stereocenters. The molecule has 21 heavy (non-hydrogen) atoms. The van der Waals surface area contributed by atoms with Crippen molar-refractivity contribution >= 4 is 17.7 Å². The highest BCUT2D eigenvalue weighted by atomic mass is 32.2. The number of piperazine rings is 1. The van der Waals surface area contributed by atoms with E-state index in [0.29, 0.717) is 11.8 Å². The van der Waals surface area contributed by atoms with E-state index >= 15 is 0 Å². The number of nitrogens with one attached hydrogen (secondary N) is 1. The van der Waals surface area contributed by atoms with Gasteiger partial charge >= 0.3 is 0 Å². The molecule has 3 rings (SSSR count). The second-order valence-corrected chi connectivity index (χ2v) is 6.72. The van der Waals surface area contributed by atoms with Crippen molar-refractivity contribution in [3.05, 3.63) is 30.3 Å². The fourth-order valence-electron chi connectivity index (χ4n) is 3.07. The normalized spacial score (nSPS) is 23.4. The molecule has 0 bridgehead atoms. The molecule has 0 spiro atoms. The fourth-order valence-corrected chi connectivity index (χ4v) is 3.89. The van der Waals surface area contributed by atoms with Gasteiger partial charge in [0.1, 0.15) is 0 Å². The number of hydrogen-bond acceptors (Lipinski definition) is 4. The third-order valence-corrected chi connectivity index (χ3v) is 5.29. The van der Waals surface area contributed by atoms with Crippen LogP contribution in [0.3, 0.4) is 0 Å². The van der Waals surface area contributed by atoms with Crippen LogP contribution in [0.25, 0.3) is 0 Å². The predicted molar refractivity (Wildman–Crippen MR) is 86.6 cm³/mol. The maximum absolute atomic E-state index is 12.3. The summed E-state index contributed by atoms with van der Waals surface area (Å²) in [4.78, 5) is 18.1. The van der Waals surface area contributed by atoms with Crippen molar-refractivity contribution in [1.82, 2.24) is 15.1 Å². The van der Waals surface area contributed by atoms with Crippen LogP contribution >= 0.6 is 11.8 Å². The predicted octanol–water partition coefficient (Wildman–Crippen LogP) is 1.28. The van der Waals surface area contributed by atoms with Crippen molar-refractivity contribution in [2.45, 2.75) is 17.4 Å². The number of rotatable bonds is 4. The van der Waals surface area contributed by atoms with Crippen LogP contribution in [0.15, 0.2) is 35.2 Å². The van der Waals surface area contributed by atoms with Crippen LogP contribution in [0.4, 0.5) is 0 Å². The zero-order valence-electron chi connectivity index (χ0n) is 12.3. The van der Waals surface area contributed by atoms with Gasteiger partial charge in [0.2, 0.25) is 5.91 Å². The fraction of sp³-hybridized carbons (Fsp3) is 0.562. The molecule has 2 saturated heterocycles. The van der Waals surface area contributed by atoms with Crippen LogP contribution in [0, 0.1) is 0 Å². The first-order chi connectivity index (χ1) is 10.3. The van der Waals surface area contributed by atoms with Gasteiger partial charge in [-0.1, -0.05) is 18.2 Å². The van der Waals surface area contributed by atoms with Crippen molar-refractivity contribution in [3.8, 4) is 0 Å². The van der Waals surface area contributed by atoms with E-state index in [9.17, 15) is 4.79 Å². The highest BCUT2D eigenvalue weighted by Crippen LogP contribution is 2.20. The van der Waals surface area contributed by atoms with Crippen LogP contribution in [-0.2, 0) is 4.79 Å². The molecule has 1 amide bonds.